The average molecular weight is 373 g/mol. The minimum atomic E-state index is -1.17. The van der Waals surface area contributed by atoms with Gasteiger partial charge in [0.1, 0.15) is 0 Å². The fourth-order valence-corrected chi connectivity index (χ4v) is 4.23. The number of aliphatic carboxylic acids is 2. The third kappa shape index (κ3) is 4.50. The van der Waals surface area contributed by atoms with Crippen LogP contribution in [0.1, 0.15) is 65.0 Å². The molecule has 1 aromatic carbocycles. The maximum Gasteiger partial charge on any atom is 0.310 e. The number of carboxylic acids is 2. The number of hydrogen-bond donors (Lipinski definition) is 2. The Bertz CT molecular complexity index is 709. The molecule has 0 bridgehead atoms. The molecule has 2 N–H and O–H groups in total. The van der Waals surface area contributed by atoms with Gasteiger partial charge >= 0.3 is 11.9 Å². The van der Waals surface area contributed by atoms with Crippen molar-refractivity contribution >= 4 is 11.9 Å². The number of hydrogen-bond acceptors (Lipinski definition) is 3. The van der Waals surface area contributed by atoms with Crippen molar-refractivity contribution in [1.82, 2.24) is 0 Å². The van der Waals surface area contributed by atoms with Crippen molar-refractivity contribution in [1.29, 1.82) is 5.26 Å². The SMILES string of the molecule is CCc1ccccc1C(C#N)(CCC(=O)O)CC(C(=O)O)(C(C)C)C(C)C. The first-order valence-corrected chi connectivity index (χ1v) is 9.52. The molecule has 5 heteroatoms. The summed E-state index contributed by atoms with van der Waals surface area (Å²) in [6.07, 6.45) is 0.684. The highest BCUT2D eigenvalue weighted by Gasteiger charge is 2.51. The van der Waals surface area contributed by atoms with Crippen LogP contribution in [0.3, 0.4) is 0 Å². The summed E-state index contributed by atoms with van der Waals surface area (Å²) < 4.78 is 0. The Morgan fingerprint density at radius 1 is 1.11 bits per heavy atom. The van der Waals surface area contributed by atoms with E-state index < -0.39 is 22.8 Å². The summed E-state index contributed by atoms with van der Waals surface area (Å²) in [7, 11) is 0. The van der Waals surface area contributed by atoms with Crippen molar-refractivity contribution in [3.63, 3.8) is 0 Å². The molecule has 27 heavy (non-hydrogen) atoms. The summed E-state index contributed by atoms with van der Waals surface area (Å²) in [6.45, 7) is 9.42. The molecule has 5 nitrogen and oxygen atoms in total. The summed E-state index contributed by atoms with van der Waals surface area (Å²) in [5.74, 6) is -2.34. The molecule has 0 radical (unpaired) electrons. The third-order valence-corrected chi connectivity index (χ3v) is 5.95. The van der Waals surface area contributed by atoms with Crippen molar-refractivity contribution in [3.8, 4) is 6.07 Å². The molecule has 0 saturated heterocycles. The average Bonchev–Trinajstić information content (AvgIpc) is 2.61. The van der Waals surface area contributed by atoms with Gasteiger partial charge in [0.2, 0.25) is 0 Å². The molecule has 1 unspecified atom stereocenters. The number of carboxylic acid groups (broad SMARTS) is 2. The lowest BCUT2D eigenvalue weighted by Gasteiger charge is -2.43. The molecule has 0 heterocycles. The second-order valence-electron chi connectivity index (χ2n) is 7.93. The quantitative estimate of drug-likeness (QED) is 0.622. The Kier molecular flexibility index (Phi) is 7.59. The minimum absolute atomic E-state index is 0.0876. The van der Waals surface area contributed by atoms with Crippen LogP contribution in [0.2, 0.25) is 0 Å². The maximum absolute atomic E-state index is 12.4. The van der Waals surface area contributed by atoms with Crippen LogP contribution in [-0.4, -0.2) is 22.2 Å². The Balaban J connectivity index is 3.69. The highest BCUT2D eigenvalue weighted by Crippen LogP contribution is 2.49. The van der Waals surface area contributed by atoms with Gasteiger partial charge in [0.25, 0.3) is 0 Å². The normalized spacial score (nSPS) is 14.0. The largest absolute Gasteiger partial charge is 0.481 e. The van der Waals surface area contributed by atoms with Crippen LogP contribution >= 0.6 is 0 Å². The van der Waals surface area contributed by atoms with E-state index in [0.29, 0.717) is 6.42 Å². The monoisotopic (exact) mass is 373 g/mol. The van der Waals surface area contributed by atoms with Gasteiger partial charge in [-0.05, 0) is 42.2 Å². The van der Waals surface area contributed by atoms with Crippen molar-refractivity contribution in [2.24, 2.45) is 17.3 Å². The molecule has 1 atom stereocenters. The van der Waals surface area contributed by atoms with Gasteiger partial charge in [-0.2, -0.15) is 5.26 Å². The number of carbonyl (C=O) groups is 2. The fraction of sp³-hybridized carbons (Fsp3) is 0.591. The van der Waals surface area contributed by atoms with E-state index in [1.165, 1.54) is 0 Å². The molecule has 1 aromatic rings. The predicted octanol–water partition coefficient (Wildman–Crippen LogP) is 4.65. The van der Waals surface area contributed by atoms with E-state index in [-0.39, 0.29) is 31.1 Å². The van der Waals surface area contributed by atoms with E-state index >= 15 is 0 Å². The first-order chi connectivity index (χ1) is 12.6. The van der Waals surface area contributed by atoms with Gasteiger partial charge in [0.05, 0.1) is 16.9 Å². The van der Waals surface area contributed by atoms with Crippen molar-refractivity contribution < 1.29 is 19.8 Å². The second-order valence-corrected chi connectivity index (χ2v) is 7.93. The number of nitriles is 1. The maximum atomic E-state index is 12.4. The molecular weight excluding hydrogens is 342 g/mol. The van der Waals surface area contributed by atoms with Gasteiger partial charge in [0.15, 0.2) is 0 Å². The van der Waals surface area contributed by atoms with Crippen LogP contribution in [0.25, 0.3) is 0 Å². The molecule has 0 fully saturated rings. The first kappa shape index (κ1) is 22.7. The molecule has 0 aliphatic rings. The second kappa shape index (κ2) is 9.03. The molecule has 0 aliphatic heterocycles. The Morgan fingerprint density at radius 3 is 2.07 bits per heavy atom. The molecule has 0 saturated carbocycles. The van der Waals surface area contributed by atoms with Crippen molar-refractivity contribution in [3.05, 3.63) is 35.4 Å². The summed E-state index contributed by atoms with van der Waals surface area (Å²) in [5.41, 5.74) is -0.591. The van der Waals surface area contributed by atoms with Gasteiger partial charge < -0.3 is 10.2 Å². The first-order valence-electron chi connectivity index (χ1n) is 9.52. The van der Waals surface area contributed by atoms with Gasteiger partial charge in [0, 0.05) is 6.42 Å². The molecule has 0 aliphatic carbocycles. The highest BCUT2D eigenvalue weighted by atomic mass is 16.4. The Hall–Kier alpha value is -2.35. The lowest BCUT2D eigenvalue weighted by molar-refractivity contribution is -0.157. The van der Waals surface area contributed by atoms with Crippen molar-refractivity contribution in [2.75, 3.05) is 0 Å². The summed E-state index contributed by atoms with van der Waals surface area (Å²) >= 11 is 0. The standard InChI is InChI=1S/C22H31NO4/c1-6-17-9-7-8-10-18(17)21(14-23,12-11-19(24)25)13-22(15(2)3,16(4)5)20(26)27/h7-10,15-16H,6,11-13H2,1-5H3,(H,24,25)(H,26,27). The highest BCUT2D eigenvalue weighted by molar-refractivity contribution is 5.76. The van der Waals surface area contributed by atoms with Gasteiger partial charge in [-0.1, -0.05) is 58.9 Å². The molecule has 0 amide bonds. The van der Waals surface area contributed by atoms with E-state index in [1.54, 1.807) is 0 Å². The molecule has 1 rings (SSSR count). The number of nitrogens with zero attached hydrogens (tertiary/aromatic N) is 1. The van der Waals surface area contributed by atoms with Crippen LogP contribution in [0.15, 0.2) is 24.3 Å². The number of aryl methyl sites for hydroxylation is 1. The third-order valence-electron chi connectivity index (χ3n) is 5.95. The lowest BCUT2D eigenvalue weighted by Crippen LogP contribution is -2.47. The zero-order valence-corrected chi connectivity index (χ0v) is 17.0. The fourth-order valence-electron chi connectivity index (χ4n) is 4.23. The molecule has 148 valence electrons. The van der Waals surface area contributed by atoms with Crippen LogP contribution in [-0.2, 0) is 21.4 Å². The van der Waals surface area contributed by atoms with E-state index in [2.05, 4.69) is 6.07 Å². The number of rotatable bonds is 10. The van der Waals surface area contributed by atoms with Gasteiger partial charge in [-0.3, -0.25) is 9.59 Å². The molecule has 0 aromatic heterocycles. The summed E-state index contributed by atoms with van der Waals surface area (Å²) in [4.78, 5) is 23.7. The topological polar surface area (TPSA) is 98.4 Å². The van der Waals surface area contributed by atoms with E-state index in [0.717, 1.165) is 11.1 Å². The Labute approximate surface area is 162 Å². The zero-order valence-electron chi connectivity index (χ0n) is 17.0. The van der Waals surface area contributed by atoms with Crippen LogP contribution in [0.5, 0.6) is 0 Å². The van der Waals surface area contributed by atoms with Gasteiger partial charge in [-0.25, -0.2) is 0 Å². The van der Waals surface area contributed by atoms with Crippen LogP contribution < -0.4 is 0 Å². The van der Waals surface area contributed by atoms with E-state index in [1.807, 2.05) is 58.9 Å². The molecule has 0 spiro atoms. The molecular formula is C22H31NO4. The smallest absolute Gasteiger partial charge is 0.310 e. The van der Waals surface area contributed by atoms with E-state index in [4.69, 9.17) is 0 Å². The summed E-state index contributed by atoms with van der Waals surface area (Å²) in [6, 6.07) is 9.84. The minimum Gasteiger partial charge on any atom is -0.481 e. The number of benzene rings is 1. The van der Waals surface area contributed by atoms with Crippen LogP contribution in [0.4, 0.5) is 0 Å². The zero-order chi connectivity index (χ0) is 20.8. The summed E-state index contributed by atoms with van der Waals surface area (Å²) in [5, 5.41) is 29.6. The lowest BCUT2D eigenvalue weighted by atomic mass is 9.57. The van der Waals surface area contributed by atoms with Gasteiger partial charge in [-0.15, -0.1) is 0 Å². The van der Waals surface area contributed by atoms with Crippen molar-refractivity contribution in [2.45, 2.75) is 65.7 Å². The Morgan fingerprint density at radius 2 is 1.67 bits per heavy atom. The van der Waals surface area contributed by atoms with E-state index in [9.17, 15) is 25.1 Å². The predicted molar refractivity (Wildman–Crippen MR) is 104 cm³/mol. The van der Waals surface area contributed by atoms with Crippen LogP contribution in [0, 0.1) is 28.6 Å².